The van der Waals surface area contributed by atoms with Gasteiger partial charge in [-0.25, -0.2) is 4.39 Å². The van der Waals surface area contributed by atoms with E-state index in [-0.39, 0.29) is 24.5 Å². The molecule has 0 aliphatic heterocycles. The zero-order valence-corrected chi connectivity index (χ0v) is 8.16. The topological polar surface area (TPSA) is 35.2 Å². The van der Waals surface area contributed by atoms with Crippen molar-refractivity contribution in [2.75, 3.05) is 0 Å². The normalized spacial score (nSPS) is 10.7. The lowest BCUT2D eigenvalue weighted by molar-refractivity contribution is -0.274. The molecule has 0 saturated heterocycles. The zero-order chi connectivity index (χ0) is 10.8. The van der Waals surface area contributed by atoms with E-state index in [1.807, 2.05) is 0 Å². The predicted octanol–water partition coefficient (Wildman–Crippen LogP) is 2.60. The molecular formula is C8H8ClF4NO. The Morgan fingerprint density at radius 2 is 1.87 bits per heavy atom. The SMILES string of the molecule is Cl.NCc1ccc(OC(F)(F)F)cc1F. The molecule has 2 nitrogen and oxygen atoms in total. The lowest BCUT2D eigenvalue weighted by Gasteiger charge is -2.09. The molecule has 0 radical (unpaired) electrons. The average molecular weight is 246 g/mol. The second-order valence-corrected chi connectivity index (χ2v) is 2.51. The van der Waals surface area contributed by atoms with Gasteiger partial charge in [-0.2, -0.15) is 0 Å². The van der Waals surface area contributed by atoms with E-state index in [1.54, 1.807) is 0 Å². The van der Waals surface area contributed by atoms with Crippen molar-refractivity contribution >= 4 is 12.4 Å². The van der Waals surface area contributed by atoms with Crippen LogP contribution in [0.5, 0.6) is 5.75 Å². The highest BCUT2D eigenvalue weighted by molar-refractivity contribution is 5.85. The van der Waals surface area contributed by atoms with Crippen molar-refractivity contribution in [2.24, 2.45) is 5.73 Å². The van der Waals surface area contributed by atoms with Gasteiger partial charge in [0.05, 0.1) is 0 Å². The Balaban J connectivity index is 0.00000196. The van der Waals surface area contributed by atoms with Crippen molar-refractivity contribution in [3.8, 4) is 5.75 Å². The fraction of sp³-hybridized carbons (Fsp3) is 0.250. The van der Waals surface area contributed by atoms with Crippen molar-refractivity contribution in [3.63, 3.8) is 0 Å². The molecule has 7 heteroatoms. The molecule has 1 rings (SSSR count). The molecule has 0 bridgehead atoms. The van der Waals surface area contributed by atoms with E-state index < -0.39 is 17.9 Å². The summed E-state index contributed by atoms with van der Waals surface area (Å²) < 4.78 is 51.5. The Hall–Kier alpha value is -1.01. The summed E-state index contributed by atoms with van der Waals surface area (Å²) in [4.78, 5) is 0. The van der Waals surface area contributed by atoms with Crippen molar-refractivity contribution in [1.29, 1.82) is 0 Å². The first-order chi connectivity index (χ1) is 6.42. The van der Waals surface area contributed by atoms with Crippen LogP contribution in [0.3, 0.4) is 0 Å². The number of halogens is 5. The molecule has 0 atom stereocenters. The van der Waals surface area contributed by atoms with Gasteiger partial charge in [0.15, 0.2) is 0 Å². The summed E-state index contributed by atoms with van der Waals surface area (Å²) in [5.41, 5.74) is 5.26. The number of alkyl halides is 3. The molecule has 0 saturated carbocycles. The van der Waals surface area contributed by atoms with Crippen LogP contribution in [-0.2, 0) is 6.54 Å². The minimum absolute atomic E-state index is 0. The number of nitrogens with two attached hydrogens (primary N) is 1. The van der Waals surface area contributed by atoms with Gasteiger partial charge in [-0.05, 0) is 6.07 Å². The molecule has 1 aromatic rings. The lowest BCUT2D eigenvalue weighted by Crippen LogP contribution is -2.17. The standard InChI is InChI=1S/C8H7F4NO.ClH/c9-7-3-6(14-8(10,11)12)2-1-5(7)4-13;/h1-3H,4,13H2;1H. The number of hydrogen-bond donors (Lipinski definition) is 1. The van der Waals surface area contributed by atoms with Crippen molar-refractivity contribution in [1.82, 2.24) is 0 Å². The molecule has 0 aliphatic carbocycles. The summed E-state index contributed by atoms with van der Waals surface area (Å²) in [7, 11) is 0. The maximum absolute atomic E-state index is 12.9. The largest absolute Gasteiger partial charge is 0.573 e. The first-order valence-electron chi connectivity index (χ1n) is 3.66. The van der Waals surface area contributed by atoms with Crippen molar-refractivity contribution < 1.29 is 22.3 Å². The Morgan fingerprint density at radius 1 is 1.27 bits per heavy atom. The van der Waals surface area contributed by atoms with E-state index in [0.29, 0.717) is 6.07 Å². The molecule has 0 spiro atoms. The van der Waals surface area contributed by atoms with Gasteiger partial charge in [-0.3, -0.25) is 0 Å². The number of rotatable bonds is 2. The second-order valence-electron chi connectivity index (χ2n) is 2.51. The van der Waals surface area contributed by atoms with E-state index in [4.69, 9.17) is 5.73 Å². The van der Waals surface area contributed by atoms with Crippen LogP contribution in [-0.4, -0.2) is 6.36 Å². The Kier molecular flexibility index (Phi) is 4.83. The van der Waals surface area contributed by atoms with Gasteiger partial charge < -0.3 is 10.5 Å². The first-order valence-corrected chi connectivity index (χ1v) is 3.66. The van der Waals surface area contributed by atoms with Gasteiger partial charge in [-0.1, -0.05) is 6.07 Å². The molecule has 1 aromatic carbocycles. The average Bonchev–Trinajstić information content (AvgIpc) is 2.01. The summed E-state index contributed by atoms with van der Waals surface area (Å²) in [6.07, 6.45) is -4.81. The third kappa shape index (κ3) is 4.35. The molecule has 0 aliphatic rings. The van der Waals surface area contributed by atoms with E-state index in [0.717, 1.165) is 12.1 Å². The minimum atomic E-state index is -4.81. The van der Waals surface area contributed by atoms with Crippen LogP contribution >= 0.6 is 12.4 Å². The van der Waals surface area contributed by atoms with Crippen LogP contribution in [0.4, 0.5) is 17.6 Å². The van der Waals surface area contributed by atoms with Crippen LogP contribution in [0.15, 0.2) is 18.2 Å². The fourth-order valence-corrected chi connectivity index (χ4v) is 0.891. The van der Waals surface area contributed by atoms with Gasteiger partial charge in [-0.15, -0.1) is 25.6 Å². The molecule has 0 heterocycles. The van der Waals surface area contributed by atoms with Gasteiger partial charge >= 0.3 is 6.36 Å². The molecule has 0 aromatic heterocycles. The number of ether oxygens (including phenoxy) is 1. The Labute approximate surface area is 89.4 Å². The van der Waals surface area contributed by atoms with Crippen LogP contribution < -0.4 is 10.5 Å². The molecule has 0 amide bonds. The van der Waals surface area contributed by atoms with E-state index in [1.165, 1.54) is 0 Å². The summed E-state index contributed by atoms with van der Waals surface area (Å²) >= 11 is 0. The van der Waals surface area contributed by atoms with Crippen LogP contribution in [0.25, 0.3) is 0 Å². The van der Waals surface area contributed by atoms with Gasteiger partial charge in [0.1, 0.15) is 11.6 Å². The predicted molar refractivity (Wildman–Crippen MR) is 48.2 cm³/mol. The monoisotopic (exact) mass is 245 g/mol. The molecule has 0 fully saturated rings. The summed E-state index contributed by atoms with van der Waals surface area (Å²) in [6.45, 7) is -0.0713. The third-order valence-electron chi connectivity index (χ3n) is 1.48. The van der Waals surface area contributed by atoms with Crippen molar-refractivity contribution in [3.05, 3.63) is 29.6 Å². The van der Waals surface area contributed by atoms with Gasteiger partial charge in [0.2, 0.25) is 0 Å². The van der Waals surface area contributed by atoms with Gasteiger partial charge in [0.25, 0.3) is 0 Å². The molecule has 15 heavy (non-hydrogen) atoms. The van der Waals surface area contributed by atoms with Crippen molar-refractivity contribution in [2.45, 2.75) is 12.9 Å². The molecule has 2 N–H and O–H groups in total. The summed E-state index contributed by atoms with van der Waals surface area (Å²) in [6, 6.07) is 2.81. The maximum Gasteiger partial charge on any atom is 0.573 e. The Morgan fingerprint density at radius 3 is 2.27 bits per heavy atom. The highest BCUT2D eigenvalue weighted by atomic mass is 35.5. The lowest BCUT2D eigenvalue weighted by atomic mass is 10.2. The van der Waals surface area contributed by atoms with E-state index in [9.17, 15) is 17.6 Å². The highest BCUT2D eigenvalue weighted by Gasteiger charge is 2.31. The van der Waals surface area contributed by atoms with Crippen LogP contribution in [0.2, 0.25) is 0 Å². The number of hydrogen-bond acceptors (Lipinski definition) is 2. The smallest absolute Gasteiger partial charge is 0.406 e. The Bertz CT molecular complexity index is 329. The van der Waals surface area contributed by atoms with Gasteiger partial charge in [0, 0.05) is 18.2 Å². The zero-order valence-electron chi connectivity index (χ0n) is 7.34. The number of benzene rings is 1. The van der Waals surface area contributed by atoms with E-state index in [2.05, 4.69) is 4.74 Å². The van der Waals surface area contributed by atoms with Crippen LogP contribution in [0, 0.1) is 5.82 Å². The molecular weight excluding hydrogens is 238 g/mol. The highest BCUT2D eigenvalue weighted by Crippen LogP contribution is 2.24. The molecule has 0 unspecified atom stereocenters. The van der Waals surface area contributed by atoms with E-state index >= 15 is 0 Å². The minimum Gasteiger partial charge on any atom is -0.406 e. The quantitative estimate of drug-likeness (QED) is 0.813. The molecule has 86 valence electrons. The maximum atomic E-state index is 12.9. The summed E-state index contributed by atoms with van der Waals surface area (Å²) in [5, 5.41) is 0. The third-order valence-corrected chi connectivity index (χ3v) is 1.48. The summed E-state index contributed by atoms with van der Waals surface area (Å²) in [5.74, 6) is -1.40. The van der Waals surface area contributed by atoms with Crippen LogP contribution in [0.1, 0.15) is 5.56 Å². The first kappa shape index (κ1) is 14.0. The fourth-order valence-electron chi connectivity index (χ4n) is 0.891. The second kappa shape index (κ2) is 5.18.